The molecule has 17 heavy (non-hydrogen) atoms. The van der Waals surface area contributed by atoms with Gasteiger partial charge in [0.1, 0.15) is 11.9 Å². The summed E-state index contributed by atoms with van der Waals surface area (Å²) < 4.78 is 0. The first-order valence-corrected chi connectivity index (χ1v) is 5.83. The smallest absolute Gasteiger partial charge is 0.238 e. The Kier molecular flexibility index (Phi) is 3.75. The molecule has 2 N–H and O–H groups in total. The molecule has 0 bridgehead atoms. The van der Waals surface area contributed by atoms with Gasteiger partial charge in [0.2, 0.25) is 5.91 Å². The highest BCUT2D eigenvalue weighted by molar-refractivity contribution is 5.81. The number of likely N-dealkylation sites (N-methyl/N-ethyl adjacent to an activating group) is 2. The lowest BCUT2D eigenvalue weighted by Gasteiger charge is -2.37. The fourth-order valence-corrected chi connectivity index (χ4v) is 2.12. The van der Waals surface area contributed by atoms with Crippen LogP contribution in [-0.2, 0) is 11.3 Å². The molecular weight excluding hydrogens is 218 g/mol. The minimum atomic E-state index is -0.0660. The number of amides is 1. The van der Waals surface area contributed by atoms with Crippen molar-refractivity contribution in [2.24, 2.45) is 0 Å². The molecule has 0 unspecified atom stereocenters. The fraction of sp³-hybridized carbons (Fsp3) is 0.636. The second-order valence-electron chi connectivity index (χ2n) is 4.38. The van der Waals surface area contributed by atoms with E-state index in [0.29, 0.717) is 0 Å². The summed E-state index contributed by atoms with van der Waals surface area (Å²) in [6.45, 7) is 3.38. The summed E-state index contributed by atoms with van der Waals surface area (Å²) in [5.41, 5.74) is 0. The van der Waals surface area contributed by atoms with Crippen LogP contribution in [0.25, 0.3) is 0 Å². The zero-order valence-corrected chi connectivity index (χ0v) is 10.3. The Labute approximate surface area is 101 Å². The molecule has 0 aromatic carbocycles. The number of aromatic nitrogens is 2. The third kappa shape index (κ3) is 2.83. The number of hydrogen-bond donors (Lipinski definition) is 2. The number of piperazine rings is 1. The van der Waals surface area contributed by atoms with Crippen LogP contribution in [0.4, 0.5) is 0 Å². The van der Waals surface area contributed by atoms with E-state index in [-0.39, 0.29) is 11.9 Å². The van der Waals surface area contributed by atoms with Gasteiger partial charge >= 0.3 is 0 Å². The molecular formula is C11H19N5O. The van der Waals surface area contributed by atoms with E-state index in [1.165, 1.54) is 0 Å². The third-order valence-electron chi connectivity index (χ3n) is 3.21. The predicted octanol–water partition coefficient (Wildman–Crippen LogP) is -0.728. The molecule has 0 spiro atoms. The van der Waals surface area contributed by atoms with Crippen LogP contribution >= 0.6 is 0 Å². The number of carbonyl (C=O) groups is 1. The lowest BCUT2D eigenvalue weighted by Crippen LogP contribution is -2.56. The maximum absolute atomic E-state index is 11.7. The Balaban J connectivity index is 1.95. The van der Waals surface area contributed by atoms with Crippen molar-refractivity contribution in [1.82, 2.24) is 25.1 Å². The van der Waals surface area contributed by atoms with E-state index >= 15 is 0 Å². The van der Waals surface area contributed by atoms with Crippen molar-refractivity contribution in [2.75, 3.05) is 33.7 Å². The van der Waals surface area contributed by atoms with E-state index < -0.39 is 0 Å². The highest BCUT2D eigenvalue weighted by atomic mass is 16.2. The van der Waals surface area contributed by atoms with Crippen molar-refractivity contribution in [2.45, 2.75) is 12.6 Å². The van der Waals surface area contributed by atoms with Crippen molar-refractivity contribution < 1.29 is 4.79 Å². The summed E-state index contributed by atoms with van der Waals surface area (Å²) in [6, 6.07) is -0.0660. The van der Waals surface area contributed by atoms with Crippen LogP contribution in [0, 0.1) is 0 Å². The van der Waals surface area contributed by atoms with Gasteiger partial charge in [0.15, 0.2) is 0 Å². The zero-order chi connectivity index (χ0) is 12.3. The second-order valence-corrected chi connectivity index (χ2v) is 4.38. The maximum Gasteiger partial charge on any atom is 0.238 e. The highest BCUT2D eigenvalue weighted by Gasteiger charge is 2.29. The number of nitrogens with one attached hydrogen (secondary N) is 2. The van der Waals surface area contributed by atoms with Gasteiger partial charge in [-0.15, -0.1) is 0 Å². The number of carbonyl (C=O) groups excluding carboxylic acids is 1. The summed E-state index contributed by atoms with van der Waals surface area (Å²) in [6.07, 6.45) is 3.57. The van der Waals surface area contributed by atoms with Gasteiger partial charge in [-0.05, 0) is 7.05 Å². The average Bonchev–Trinajstić information content (AvgIpc) is 2.83. The van der Waals surface area contributed by atoms with Crippen molar-refractivity contribution in [3.8, 4) is 0 Å². The van der Waals surface area contributed by atoms with Crippen LogP contribution < -0.4 is 5.32 Å². The van der Waals surface area contributed by atoms with Crippen molar-refractivity contribution >= 4 is 5.91 Å². The number of imidazole rings is 1. The Morgan fingerprint density at radius 1 is 1.65 bits per heavy atom. The molecule has 0 saturated carbocycles. The van der Waals surface area contributed by atoms with Crippen molar-refractivity contribution in [3.63, 3.8) is 0 Å². The van der Waals surface area contributed by atoms with E-state index in [1.54, 1.807) is 13.2 Å². The molecule has 1 aromatic heterocycles. The summed E-state index contributed by atoms with van der Waals surface area (Å²) in [7, 11) is 3.67. The van der Waals surface area contributed by atoms with Crippen molar-refractivity contribution in [3.05, 3.63) is 18.2 Å². The molecule has 1 atom stereocenters. The zero-order valence-electron chi connectivity index (χ0n) is 10.3. The van der Waals surface area contributed by atoms with E-state index in [4.69, 9.17) is 0 Å². The van der Waals surface area contributed by atoms with Gasteiger partial charge in [-0.2, -0.15) is 0 Å². The maximum atomic E-state index is 11.7. The van der Waals surface area contributed by atoms with E-state index in [9.17, 15) is 4.79 Å². The largest absolute Gasteiger partial charge is 0.358 e. The summed E-state index contributed by atoms with van der Waals surface area (Å²) >= 11 is 0. The van der Waals surface area contributed by atoms with Gasteiger partial charge in [0, 0.05) is 39.1 Å². The van der Waals surface area contributed by atoms with E-state index in [1.807, 2.05) is 13.2 Å². The monoisotopic (exact) mass is 237 g/mol. The number of rotatable bonds is 3. The molecule has 6 heteroatoms. The lowest BCUT2D eigenvalue weighted by molar-refractivity contribution is -0.127. The van der Waals surface area contributed by atoms with Crippen LogP contribution in [0.2, 0.25) is 0 Å². The molecule has 0 aliphatic carbocycles. The fourth-order valence-electron chi connectivity index (χ4n) is 2.12. The van der Waals surface area contributed by atoms with Crippen LogP contribution in [0.1, 0.15) is 5.82 Å². The predicted molar refractivity (Wildman–Crippen MR) is 64.3 cm³/mol. The number of nitrogens with zero attached hydrogens (tertiary/aromatic N) is 3. The topological polar surface area (TPSA) is 64.3 Å². The molecule has 1 aliphatic rings. The standard InChI is InChI=1S/C11H19N5O/c1-12-11(17)9-7-16(6-5-15(9)2)8-10-13-3-4-14-10/h3-4,9H,5-8H2,1-2H3,(H,12,17)(H,13,14)/t9-/m0/s1. The van der Waals surface area contributed by atoms with Gasteiger partial charge in [-0.3, -0.25) is 14.6 Å². The highest BCUT2D eigenvalue weighted by Crippen LogP contribution is 2.10. The Morgan fingerprint density at radius 3 is 3.12 bits per heavy atom. The second kappa shape index (κ2) is 5.29. The molecule has 1 amide bonds. The number of aromatic amines is 1. The molecule has 2 heterocycles. The van der Waals surface area contributed by atoms with Crippen LogP contribution in [0.3, 0.4) is 0 Å². The molecule has 1 aliphatic heterocycles. The first-order valence-electron chi connectivity index (χ1n) is 5.83. The lowest BCUT2D eigenvalue weighted by atomic mass is 10.1. The number of hydrogen-bond acceptors (Lipinski definition) is 4. The minimum Gasteiger partial charge on any atom is -0.358 e. The van der Waals surface area contributed by atoms with Crippen LogP contribution in [0.5, 0.6) is 0 Å². The molecule has 1 aromatic rings. The summed E-state index contributed by atoms with van der Waals surface area (Å²) in [5.74, 6) is 1.03. The van der Waals surface area contributed by atoms with Gasteiger partial charge < -0.3 is 10.3 Å². The Hall–Kier alpha value is -1.40. The first-order chi connectivity index (χ1) is 8.20. The Bertz CT molecular complexity index is 364. The number of H-pyrrole nitrogens is 1. The first kappa shape index (κ1) is 12.1. The van der Waals surface area contributed by atoms with E-state index in [2.05, 4.69) is 25.1 Å². The molecule has 1 saturated heterocycles. The molecule has 2 rings (SSSR count). The van der Waals surface area contributed by atoms with E-state index in [0.717, 1.165) is 32.0 Å². The summed E-state index contributed by atoms with van der Waals surface area (Å²) in [4.78, 5) is 23.4. The van der Waals surface area contributed by atoms with Gasteiger partial charge in [0.25, 0.3) is 0 Å². The minimum absolute atomic E-state index is 0.0660. The molecule has 1 fully saturated rings. The normalized spacial score (nSPS) is 22.6. The SMILES string of the molecule is CNC(=O)[C@@H]1CN(Cc2ncc[nH]2)CCN1C. The van der Waals surface area contributed by atoms with Crippen LogP contribution in [-0.4, -0.2) is 65.4 Å². The Morgan fingerprint density at radius 2 is 2.47 bits per heavy atom. The van der Waals surface area contributed by atoms with Crippen LogP contribution in [0.15, 0.2) is 12.4 Å². The molecule has 94 valence electrons. The van der Waals surface area contributed by atoms with Gasteiger partial charge in [-0.1, -0.05) is 0 Å². The van der Waals surface area contributed by atoms with Gasteiger partial charge in [0.05, 0.1) is 6.54 Å². The van der Waals surface area contributed by atoms with Gasteiger partial charge in [-0.25, -0.2) is 4.98 Å². The summed E-state index contributed by atoms with van der Waals surface area (Å²) in [5, 5.41) is 2.71. The molecule has 6 nitrogen and oxygen atoms in total. The third-order valence-corrected chi connectivity index (χ3v) is 3.21. The molecule has 0 radical (unpaired) electrons. The quantitative estimate of drug-likeness (QED) is 0.727. The average molecular weight is 237 g/mol. The van der Waals surface area contributed by atoms with Crippen molar-refractivity contribution in [1.29, 1.82) is 0 Å².